The van der Waals surface area contributed by atoms with E-state index < -0.39 is 0 Å². The fourth-order valence-corrected chi connectivity index (χ4v) is 5.87. The topological polar surface area (TPSA) is 16.1 Å². The van der Waals surface area contributed by atoms with Crippen LogP contribution in [0.5, 0.6) is 0 Å². The first-order valence-corrected chi connectivity index (χ1v) is 11.4. The highest BCUT2D eigenvalue weighted by atomic mass is 32.2. The van der Waals surface area contributed by atoms with Crippen molar-refractivity contribution in [2.24, 2.45) is 0 Å². The molecule has 0 bridgehead atoms. The van der Waals surface area contributed by atoms with Gasteiger partial charge in [-0.1, -0.05) is 12.1 Å². The average Bonchev–Trinajstić information content (AvgIpc) is 3.11. The van der Waals surface area contributed by atoms with Gasteiger partial charge in [-0.15, -0.1) is 11.3 Å². The average molecular weight is 373 g/mol. The van der Waals surface area contributed by atoms with Crippen molar-refractivity contribution < 1.29 is 0 Å². The van der Waals surface area contributed by atoms with Crippen molar-refractivity contribution in [3.63, 3.8) is 0 Å². The molecule has 1 aliphatic heterocycles. The molecule has 0 atom stereocenters. The van der Waals surface area contributed by atoms with Crippen LogP contribution >= 0.6 is 34.9 Å². The molecule has 24 heavy (non-hydrogen) atoms. The summed E-state index contributed by atoms with van der Waals surface area (Å²) < 4.78 is 1.26. The summed E-state index contributed by atoms with van der Waals surface area (Å²) in [5, 5.41) is 1.11. The van der Waals surface area contributed by atoms with E-state index in [1.165, 1.54) is 39.0 Å². The van der Waals surface area contributed by atoms with Gasteiger partial charge in [-0.2, -0.15) is 23.5 Å². The summed E-state index contributed by atoms with van der Waals surface area (Å²) in [5.74, 6) is 5.02. The van der Waals surface area contributed by atoms with Crippen LogP contribution in [0, 0.1) is 0 Å². The van der Waals surface area contributed by atoms with Gasteiger partial charge in [-0.25, -0.2) is 4.98 Å². The molecular weight excluding hydrogens is 352 g/mol. The second-order valence-corrected chi connectivity index (χ2v) is 9.23. The van der Waals surface area contributed by atoms with Gasteiger partial charge in [0.2, 0.25) is 0 Å². The minimum atomic E-state index is 1.09. The van der Waals surface area contributed by atoms with Crippen LogP contribution < -0.4 is 4.90 Å². The number of fused-ring (bicyclic) bond motifs is 1. The third-order valence-electron chi connectivity index (χ3n) is 4.16. The van der Waals surface area contributed by atoms with Gasteiger partial charge in [-0.3, -0.25) is 0 Å². The molecule has 0 unspecified atom stereocenters. The molecule has 0 amide bonds. The summed E-state index contributed by atoms with van der Waals surface area (Å²) >= 11 is 5.91. The number of para-hydroxylation sites is 1. The zero-order valence-electron chi connectivity index (χ0n) is 13.5. The van der Waals surface area contributed by atoms with Gasteiger partial charge in [0.05, 0.1) is 10.2 Å². The Morgan fingerprint density at radius 1 is 0.792 bits per heavy atom. The minimum Gasteiger partial charge on any atom is -0.370 e. The molecule has 0 aliphatic carbocycles. The van der Waals surface area contributed by atoms with E-state index in [1.807, 2.05) is 0 Å². The molecule has 0 saturated carbocycles. The van der Waals surface area contributed by atoms with Crippen LogP contribution in [0.25, 0.3) is 20.8 Å². The maximum absolute atomic E-state index is 4.76. The molecule has 2 heterocycles. The van der Waals surface area contributed by atoms with Crippen molar-refractivity contribution in [3.8, 4) is 10.6 Å². The fourth-order valence-electron chi connectivity index (χ4n) is 2.85. The maximum Gasteiger partial charge on any atom is 0.124 e. The molecule has 5 heteroatoms. The maximum atomic E-state index is 4.76. The molecule has 4 rings (SSSR count). The van der Waals surface area contributed by atoms with Crippen LogP contribution in [0.15, 0.2) is 48.5 Å². The van der Waals surface area contributed by atoms with Crippen molar-refractivity contribution in [1.82, 2.24) is 4.98 Å². The highest BCUT2D eigenvalue weighted by Crippen LogP contribution is 2.31. The molecule has 1 aromatic heterocycles. The van der Waals surface area contributed by atoms with Crippen LogP contribution in [0.3, 0.4) is 0 Å². The Bertz CT molecular complexity index is 755. The van der Waals surface area contributed by atoms with Crippen molar-refractivity contribution in [3.05, 3.63) is 48.5 Å². The summed E-state index contributed by atoms with van der Waals surface area (Å²) in [6.07, 6.45) is 0. The highest BCUT2D eigenvalue weighted by Gasteiger charge is 2.10. The Morgan fingerprint density at radius 2 is 1.50 bits per heavy atom. The molecule has 124 valence electrons. The Morgan fingerprint density at radius 3 is 2.21 bits per heavy atom. The lowest BCUT2D eigenvalue weighted by Gasteiger charge is -2.24. The highest BCUT2D eigenvalue weighted by molar-refractivity contribution is 8.02. The number of benzene rings is 2. The predicted molar refractivity (Wildman–Crippen MR) is 112 cm³/mol. The zero-order valence-corrected chi connectivity index (χ0v) is 15.9. The minimum absolute atomic E-state index is 1.09. The van der Waals surface area contributed by atoms with Gasteiger partial charge in [0.15, 0.2) is 0 Å². The number of rotatable bonds is 2. The molecular formula is C19H20N2S3. The first-order chi connectivity index (χ1) is 11.9. The van der Waals surface area contributed by atoms with Crippen molar-refractivity contribution in [2.45, 2.75) is 0 Å². The molecule has 3 aromatic rings. The lowest BCUT2D eigenvalue weighted by atomic mass is 10.2. The van der Waals surface area contributed by atoms with Crippen molar-refractivity contribution >= 4 is 50.8 Å². The van der Waals surface area contributed by atoms with E-state index in [4.69, 9.17) is 4.98 Å². The number of nitrogens with zero attached hydrogens (tertiary/aromatic N) is 2. The second-order valence-electron chi connectivity index (χ2n) is 5.75. The summed E-state index contributed by atoms with van der Waals surface area (Å²) in [6, 6.07) is 17.3. The first kappa shape index (κ1) is 16.3. The van der Waals surface area contributed by atoms with E-state index in [0.717, 1.165) is 23.6 Å². The normalized spacial score (nSPS) is 16.6. The smallest absolute Gasteiger partial charge is 0.124 e. The molecule has 0 radical (unpaired) electrons. The van der Waals surface area contributed by atoms with Crippen molar-refractivity contribution in [1.29, 1.82) is 0 Å². The van der Waals surface area contributed by atoms with Gasteiger partial charge in [0, 0.05) is 47.4 Å². The Balaban J connectivity index is 1.54. The number of hydrogen-bond acceptors (Lipinski definition) is 5. The Kier molecular flexibility index (Phi) is 5.30. The van der Waals surface area contributed by atoms with Gasteiger partial charge in [0.1, 0.15) is 5.01 Å². The molecule has 0 N–H and O–H groups in total. The van der Waals surface area contributed by atoms with E-state index in [-0.39, 0.29) is 0 Å². The molecule has 1 fully saturated rings. The van der Waals surface area contributed by atoms with Crippen LogP contribution in [-0.2, 0) is 0 Å². The van der Waals surface area contributed by atoms with E-state index in [2.05, 4.69) is 77.0 Å². The SMILES string of the molecule is c1ccc2sc(-c3ccc(N4CCSCCSCC4)cc3)nc2c1. The van der Waals surface area contributed by atoms with Gasteiger partial charge in [-0.05, 0) is 36.4 Å². The standard InChI is InChI=1S/C19H20N2S3/c1-2-4-18-17(3-1)20-19(24-18)15-5-7-16(8-6-15)21-9-11-22-13-14-23-12-10-21/h1-8H,9-14H2. The van der Waals surface area contributed by atoms with E-state index in [9.17, 15) is 0 Å². The number of thiazole rings is 1. The summed E-state index contributed by atoms with van der Waals surface area (Å²) in [5.41, 5.74) is 3.64. The lowest BCUT2D eigenvalue weighted by Crippen LogP contribution is -2.27. The van der Waals surface area contributed by atoms with E-state index in [1.54, 1.807) is 11.3 Å². The molecule has 2 aromatic carbocycles. The molecule has 0 spiro atoms. The van der Waals surface area contributed by atoms with Gasteiger partial charge in [0.25, 0.3) is 0 Å². The molecule has 1 saturated heterocycles. The fraction of sp³-hybridized carbons (Fsp3) is 0.316. The quantitative estimate of drug-likeness (QED) is 0.610. The largest absolute Gasteiger partial charge is 0.370 e. The van der Waals surface area contributed by atoms with Crippen LogP contribution in [0.1, 0.15) is 0 Å². The Labute approximate surface area is 155 Å². The molecule has 2 nitrogen and oxygen atoms in total. The third kappa shape index (κ3) is 3.73. The summed E-state index contributed by atoms with van der Waals surface area (Å²) in [7, 11) is 0. The summed E-state index contributed by atoms with van der Waals surface area (Å²) in [6.45, 7) is 2.29. The predicted octanol–water partition coefficient (Wildman–Crippen LogP) is 5.25. The van der Waals surface area contributed by atoms with Crippen LogP contribution in [0.2, 0.25) is 0 Å². The summed E-state index contributed by atoms with van der Waals surface area (Å²) in [4.78, 5) is 7.28. The Hall–Kier alpha value is -1.17. The van der Waals surface area contributed by atoms with Crippen LogP contribution in [-0.4, -0.2) is 41.1 Å². The van der Waals surface area contributed by atoms with Crippen LogP contribution in [0.4, 0.5) is 5.69 Å². The monoisotopic (exact) mass is 372 g/mol. The number of thioether (sulfide) groups is 2. The number of anilines is 1. The zero-order chi connectivity index (χ0) is 16.2. The second kappa shape index (κ2) is 7.81. The van der Waals surface area contributed by atoms with Gasteiger partial charge < -0.3 is 4.90 Å². The van der Waals surface area contributed by atoms with Crippen molar-refractivity contribution in [2.75, 3.05) is 41.0 Å². The number of aromatic nitrogens is 1. The number of hydrogen-bond donors (Lipinski definition) is 0. The third-order valence-corrected chi connectivity index (χ3v) is 7.43. The van der Waals surface area contributed by atoms with E-state index >= 15 is 0 Å². The molecule has 1 aliphatic rings. The van der Waals surface area contributed by atoms with Gasteiger partial charge >= 0.3 is 0 Å². The lowest BCUT2D eigenvalue weighted by molar-refractivity contribution is 0.880. The van der Waals surface area contributed by atoms with E-state index in [0.29, 0.717) is 0 Å². The first-order valence-electron chi connectivity index (χ1n) is 8.26.